The summed E-state index contributed by atoms with van der Waals surface area (Å²) in [7, 11) is 0. The average Bonchev–Trinajstić information content (AvgIpc) is 2.93. The van der Waals surface area contributed by atoms with Gasteiger partial charge in [0, 0.05) is 18.2 Å². The highest BCUT2D eigenvalue weighted by atomic mass is 16.5. The number of nitrogens with one attached hydrogen (secondary N) is 2. The van der Waals surface area contributed by atoms with Crippen LogP contribution in [-0.2, 0) is 16.0 Å². The molecule has 8 nitrogen and oxygen atoms in total. The molecule has 0 bridgehead atoms. The summed E-state index contributed by atoms with van der Waals surface area (Å²) in [5.74, 6) is 0.310. The van der Waals surface area contributed by atoms with Gasteiger partial charge in [0.25, 0.3) is 5.91 Å². The lowest BCUT2D eigenvalue weighted by Crippen LogP contribution is -2.45. The molecule has 1 saturated heterocycles. The van der Waals surface area contributed by atoms with Crippen LogP contribution in [0.1, 0.15) is 25.3 Å². The predicted molar refractivity (Wildman–Crippen MR) is 114 cm³/mol. The van der Waals surface area contributed by atoms with Crippen LogP contribution in [0.2, 0.25) is 0 Å². The zero-order chi connectivity index (χ0) is 21.8. The molecule has 8 heteroatoms. The third-order valence-corrected chi connectivity index (χ3v) is 5.43. The third-order valence-electron chi connectivity index (χ3n) is 5.43. The van der Waals surface area contributed by atoms with Crippen molar-refractivity contribution in [2.45, 2.75) is 31.7 Å². The van der Waals surface area contributed by atoms with E-state index in [2.05, 4.69) is 10.6 Å². The van der Waals surface area contributed by atoms with Crippen molar-refractivity contribution >= 4 is 23.5 Å². The van der Waals surface area contributed by atoms with Crippen LogP contribution in [0, 0.1) is 0 Å². The Labute approximate surface area is 180 Å². The number of hydrogen-bond donors (Lipinski definition) is 2. The van der Waals surface area contributed by atoms with E-state index in [4.69, 9.17) is 9.47 Å². The van der Waals surface area contributed by atoms with Gasteiger partial charge >= 0.3 is 6.03 Å². The SMILES string of the molecule is C[C@@]1(CCc2ccccc2)NC(=O)N(CC(=O)Nc2ccc3c(c2)OCCCO3)C1=O. The number of fused-ring (bicyclic) bond motifs is 1. The lowest BCUT2D eigenvalue weighted by atomic mass is 9.93. The van der Waals surface area contributed by atoms with Gasteiger partial charge in [0.05, 0.1) is 13.2 Å². The van der Waals surface area contributed by atoms with Crippen LogP contribution >= 0.6 is 0 Å². The number of carbonyl (C=O) groups is 3. The van der Waals surface area contributed by atoms with E-state index >= 15 is 0 Å². The van der Waals surface area contributed by atoms with Gasteiger partial charge in [-0.25, -0.2) is 4.79 Å². The molecule has 0 radical (unpaired) electrons. The number of aryl methyl sites for hydroxylation is 1. The van der Waals surface area contributed by atoms with E-state index < -0.39 is 23.4 Å². The van der Waals surface area contributed by atoms with Crippen LogP contribution in [0.3, 0.4) is 0 Å². The number of urea groups is 1. The summed E-state index contributed by atoms with van der Waals surface area (Å²) < 4.78 is 11.2. The minimum Gasteiger partial charge on any atom is -0.490 e. The van der Waals surface area contributed by atoms with Gasteiger partial charge in [-0.1, -0.05) is 30.3 Å². The molecule has 31 heavy (non-hydrogen) atoms. The molecule has 0 aromatic heterocycles. The molecule has 0 unspecified atom stereocenters. The van der Waals surface area contributed by atoms with E-state index in [9.17, 15) is 14.4 Å². The Kier molecular flexibility index (Phi) is 5.79. The summed E-state index contributed by atoms with van der Waals surface area (Å²) in [4.78, 5) is 38.8. The van der Waals surface area contributed by atoms with Crippen molar-refractivity contribution < 1.29 is 23.9 Å². The summed E-state index contributed by atoms with van der Waals surface area (Å²) in [6.45, 7) is 2.44. The Bertz CT molecular complexity index is 994. The first kappa shape index (κ1) is 20.7. The van der Waals surface area contributed by atoms with Crippen LogP contribution in [0.15, 0.2) is 48.5 Å². The second-order valence-electron chi connectivity index (χ2n) is 7.90. The molecule has 2 aromatic rings. The van der Waals surface area contributed by atoms with E-state index in [1.54, 1.807) is 25.1 Å². The fourth-order valence-corrected chi connectivity index (χ4v) is 3.68. The van der Waals surface area contributed by atoms with Crippen molar-refractivity contribution in [2.24, 2.45) is 0 Å². The van der Waals surface area contributed by atoms with Gasteiger partial charge in [-0.05, 0) is 37.5 Å². The molecule has 2 aromatic carbocycles. The quantitative estimate of drug-likeness (QED) is 0.697. The molecule has 0 spiro atoms. The van der Waals surface area contributed by atoms with Gasteiger partial charge in [0.15, 0.2) is 11.5 Å². The number of rotatable bonds is 6. The number of ether oxygens (including phenoxy) is 2. The van der Waals surface area contributed by atoms with Crippen molar-refractivity contribution in [3.63, 3.8) is 0 Å². The molecule has 0 saturated carbocycles. The molecule has 2 aliphatic heterocycles. The maximum atomic E-state index is 12.9. The van der Waals surface area contributed by atoms with Gasteiger partial charge in [-0.3, -0.25) is 14.5 Å². The number of carbonyl (C=O) groups excluding carboxylic acids is 3. The lowest BCUT2D eigenvalue weighted by molar-refractivity contribution is -0.133. The van der Waals surface area contributed by atoms with Crippen molar-refractivity contribution in [3.8, 4) is 11.5 Å². The average molecular weight is 423 g/mol. The highest BCUT2D eigenvalue weighted by Crippen LogP contribution is 2.32. The summed E-state index contributed by atoms with van der Waals surface area (Å²) in [6, 6.07) is 14.3. The van der Waals surface area contributed by atoms with Crippen LogP contribution in [0.4, 0.5) is 10.5 Å². The smallest absolute Gasteiger partial charge is 0.325 e. The fraction of sp³-hybridized carbons (Fsp3) is 0.348. The van der Waals surface area contributed by atoms with Crippen molar-refractivity contribution in [2.75, 3.05) is 25.1 Å². The molecular weight excluding hydrogens is 398 g/mol. The normalized spacial score (nSPS) is 20.2. The van der Waals surface area contributed by atoms with Crippen molar-refractivity contribution in [1.29, 1.82) is 0 Å². The Morgan fingerprint density at radius 1 is 1.10 bits per heavy atom. The highest BCUT2D eigenvalue weighted by Gasteiger charge is 2.47. The second kappa shape index (κ2) is 8.67. The summed E-state index contributed by atoms with van der Waals surface area (Å²) in [5, 5.41) is 5.46. The van der Waals surface area contributed by atoms with Crippen LogP contribution in [-0.4, -0.2) is 48.0 Å². The second-order valence-corrected chi connectivity index (χ2v) is 7.90. The number of amides is 4. The van der Waals surface area contributed by atoms with Gasteiger partial charge in [0.2, 0.25) is 5.91 Å². The van der Waals surface area contributed by atoms with Gasteiger partial charge < -0.3 is 20.1 Å². The van der Waals surface area contributed by atoms with E-state index in [1.165, 1.54) is 0 Å². The summed E-state index contributed by atoms with van der Waals surface area (Å²) >= 11 is 0. The maximum absolute atomic E-state index is 12.9. The van der Waals surface area contributed by atoms with Gasteiger partial charge in [0.1, 0.15) is 12.1 Å². The van der Waals surface area contributed by atoms with Crippen LogP contribution in [0.5, 0.6) is 11.5 Å². The van der Waals surface area contributed by atoms with Gasteiger partial charge in [-0.15, -0.1) is 0 Å². The number of anilines is 1. The van der Waals surface area contributed by atoms with Crippen molar-refractivity contribution in [3.05, 3.63) is 54.1 Å². The van der Waals surface area contributed by atoms with E-state index in [0.717, 1.165) is 16.9 Å². The summed E-state index contributed by atoms with van der Waals surface area (Å²) in [6.07, 6.45) is 1.87. The van der Waals surface area contributed by atoms with Gasteiger partial charge in [-0.2, -0.15) is 0 Å². The molecule has 2 N–H and O–H groups in total. The Hall–Kier alpha value is -3.55. The van der Waals surface area contributed by atoms with E-state index in [0.29, 0.717) is 43.2 Å². The maximum Gasteiger partial charge on any atom is 0.325 e. The molecule has 4 amide bonds. The number of benzene rings is 2. The molecule has 162 valence electrons. The first-order chi connectivity index (χ1) is 14.9. The minimum absolute atomic E-state index is 0.361. The van der Waals surface area contributed by atoms with Crippen LogP contribution in [0.25, 0.3) is 0 Å². The van der Waals surface area contributed by atoms with Crippen molar-refractivity contribution in [1.82, 2.24) is 10.2 Å². The molecule has 1 atom stereocenters. The largest absolute Gasteiger partial charge is 0.490 e. The lowest BCUT2D eigenvalue weighted by Gasteiger charge is -2.21. The third kappa shape index (κ3) is 4.63. The number of imide groups is 1. The predicted octanol–water partition coefficient (Wildman–Crippen LogP) is 2.73. The summed E-state index contributed by atoms with van der Waals surface area (Å²) in [5.41, 5.74) is 0.548. The Morgan fingerprint density at radius 2 is 1.84 bits per heavy atom. The molecule has 0 aliphatic carbocycles. The first-order valence-electron chi connectivity index (χ1n) is 10.3. The van der Waals surface area contributed by atoms with Crippen LogP contribution < -0.4 is 20.1 Å². The molecular formula is C23H25N3O5. The standard InChI is InChI=1S/C23H25N3O5/c1-23(11-10-16-6-3-2-4-7-16)21(28)26(22(29)25-23)15-20(27)24-17-8-9-18-19(14-17)31-13-5-12-30-18/h2-4,6-9,14H,5,10-13,15H2,1H3,(H,24,27)(H,25,29)/t23-/m0/s1. The minimum atomic E-state index is -1.04. The van der Waals surface area contributed by atoms with E-state index in [-0.39, 0.29) is 6.54 Å². The molecule has 2 heterocycles. The first-order valence-corrected chi connectivity index (χ1v) is 10.3. The zero-order valence-electron chi connectivity index (χ0n) is 17.3. The monoisotopic (exact) mass is 423 g/mol. The topological polar surface area (TPSA) is 97.0 Å². The zero-order valence-corrected chi connectivity index (χ0v) is 17.3. The number of nitrogens with zero attached hydrogens (tertiary/aromatic N) is 1. The number of hydrogen-bond acceptors (Lipinski definition) is 5. The molecule has 1 fully saturated rings. The fourth-order valence-electron chi connectivity index (χ4n) is 3.68. The molecule has 2 aliphatic rings. The van der Waals surface area contributed by atoms with E-state index in [1.807, 2.05) is 30.3 Å². The molecule has 4 rings (SSSR count). The highest BCUT2D eigenvalue weighted by molar-refractivity contribution is 6.09. The Morgan fingerprint density at radius 3 is 2.61 bits per heavy atom. The Balaban J connectivity index is 1.37.